The van der Waals surface area contributed by atoms with Gasteiger partial charge >= 0.3 is 0 Å². The van der Waals surface area contributed by atoms with Crippen molar-refractivity contribution in [1.29, 1.82) is 0 Å². The summed E-state index contributed by atoms with van der Waals surface area (Å²) in [5, 5.41) is 9.75. The molecule has 1 aliphatic rings. The smallest absolute Gasteiger partial charge is 0.227 e. The second-order valence-corrected chi connectivity index (χ2v) is 5.13. The maximum absolute atomic E-state index is 11.8. The zero-order chi connectivity index (χ0) is 13.8. The molecule has 0 aromatic heterocycles. The molecule has 5 heteroatoms. The molecule has 3 N–H and O–H groups in total. The summed E-state index contributed by atoms with van der Waals surface area (Å²) in [6.45, 7) is 4.75. The Balaban J connectivity index is 2.08. The highest BCUT2D eigenvalue weighted by molar-refractivity contribution is 7.80. The third-order valence-corrected chi connectivity index (χ3v) is 3.37. The van der Waals surface area contributed by atoms with E-state index in [4.69, 9.17) is 12.2 Å². The minimum absolute atomic E-state index is 0.120. The van der Waals surface area contributed by atoms with Gasteiger partial charge < -0.3 is 16.0 Å². The van der Waals surface area contributed by atoms with Crippen molar-refractivity contribution in [2.45, 2.75) is 26.7 Å². The normalized spacial score (nSPS) is 13.8. The van der Waals surface area contributed by atoms with E-state index in [9.17, 15) is 4.79 Å². The van der Waals surface area contributed by atoms with Crippen molar-refractivity contribution in [3.63, 3.8) is 0 Å². The van der Waals surface area contributed by atoms with Crippen LogP contribution in [0.5, 0.6) is 0 Å². The van der Waals surface area contributed by atoms with E-state index in [0.29, 0.717) is 5.11 Å². The highest BCUT2D eigenvalue weighted by Crippen LogP contribution is 2.31. The highest BCUT2D eigenvalue weighted by Gasteiger charge is 2.29. The summed E-state index contributed by atoms with van der Waals surface area (Å²) in [6.07, 6.45) is 2.01. The Labute approximate surface area is 119 Å². The fourth-order valence-electron chi connectivity index (χ4n) is 1.81. The van der Waals surface area contributed by atoms with Crippen LogP contribution >= 0.6 is 12.2 Å². The molecule has 1 aliphatic carbocycles. The van der Waals surface area contributed by atoms with Gasteiger partial charge in [0.05, 0.1) is 0 Å². The molecule has 0 radical (unpaired) electrons. The number of thiocarbonyl (C=S) groups is 1. The van der Waals surface area contributed by atoms with Crippen molar-refractivity contribution < 1.29 is 4.79 Å². The topological polar surface area (TPSA) is 53.2 Å². The molecule has 0 aliphatic heterocycles. The molecule has 0 spiro atoms. The zero-order valence-corrected chi connectivity index (χ0v) is 12.1. The number of rotatable bonds is 4. The van der Waals surface area contributed by atoms with Gasteiger partial charge in [-0.15, -0.1) is 0 Å². The average molecular weight is 277 g/mol. The first kappa shape index (κ1) is 13.8. The lowest BCUT2D eigenvalue weighted by atomic mass is 10.1. The molecule has 1 saturated carbocycles. The first-order valence-electron chi connectivity index (χ1n) is 6.57. The Morgan fingerprint density at radius 2 is 1.95 bits per heavy atom. The maximum Gasteiger partial charge on any atom is 0.227 e. The molecular weight excluding hydrogens is 258 g/mol. The van der Waals surface area contributed by atoms with E-state index >= 15 is 0 Å². The fourth-order valence-corrected chi connectivity index (χ4v) is 2.07. The van der Waals surface area contributed by atoms with Crippen LogP contribution in [0, 0.1) is 12.8 Å². The van der Waals surface area contributed by atoms with Crippen molar-refractivity contribution >= 4 is 34.6 Å². The largest absolute Gasteiger partial charge is 0.363 e. The summed E-state index contributed by atoms with van der Waals surface area (Å²) in [5.74, 6) is 0.327. The van der Waals surface area contributed by atoms with Crippen LogP contribution in [0.15, 0.2) is 18.2 Å². The summed E-state index contributed by atoms with van der Waals surface area (Å²) < 4.78 is 0. The average Bonchev–Trinajstić information content (AvgIpc) is 3.18. The van der Waals surface area contributed by atoms with E-state index in [0.717, 1.165) is 36.3 Å². The lowest BCUT2D eigenvalue weighted by Crippen LogP contribution is -2.28. The van der Waals surface area contributed by atoms with Crippen LogP contribution in [0.3, 0.4) is 0 Å². The standard InChI is InChI=1S/C14H19N3OS/c1-3-15-14(19)17-12-6-4-5-11(9(12)2)16-13(18)10-7-8-10/h4-6,10H,3,7-8H2,1-2H3,(H,16,18)(H2,15,17,19). The van der Waals surface area contributed by atoms with Gasteiger partial charge in [0.1, 0.15) is 0 Å². The predicted octanol–water partition coefficient (Wildman–Crippen LogP) is 2.65. The van der Waals surface area contributed by atoms with Crippen LogP contribution in [-0.2, 0) is 4.79 Å². The van der Waals surface area contributed by atoms with Gasteiger partial charge in [-0.1, -0.05) is 6.07 Å². The molecule has 1 aromatic carbocycles. The molecule has 0 unspecified atom stereocenters. The Morgan fingerprint density at radius 1 is 1.32 bits per heavy atom. The Kier molecular flexibility index (Phi) is 4.37. The van der Waals surface area contributed by atoms with Crippen LogP contribution in [0.4, 0.5) is 11.4 Å². The van der Waals surface area contributed by atoms with Crippen LogP contribution in [0.25, 0.3) is 0 Å². The third kappa shape index (κ3) is 3.67. The second kappa shape index (κ2) is 6.02. The van der Waals surface area contributed by atoms with Crippen LogP contribution in [-0.4, -0.2) is 17.6 Å². The van der Waals surface area contributed by atoms with Crippen molar-refractivity contribution in [2.75, 3.05) is 17.2 Å². The maximum atomic E-state index is 11.8. The molecule has 1 amide bonds. The number of hydrogen-bond donors (Lipinski definition) is 3. The minimum Gasteiger partial charge on any atom is -0.363 e. The van der Waals surface area contributed by atoms with E-state index in [1.165, 1.54) is 0 Å². The van der Waals surface area contributed by atoms with Crippen LogP contribution < -0.4 is 16.0 Å². The number of hydrogen-bond acceptors (Lipinski definition) is 2. The summed E-state index contributed by atoms with van der Waals surface area (Å²) in [4.78, 5) is 11.8. The van der Waals surface area contributed by atoms with Gasteiger partial charge in [-0.2, -0.15) is 0 Å². The lowest BCUT2D eigenvalue weighted by molar-refractivity contribution is -0.117. The molecule has 0 saturated heterocycles. The molecule has 102 valence electrons. The first-order chi connectivity index (χ1) is 9.11. The van der Waals surface area contributed by atoms with E-state index in [1.54, 1.807) is 0 Å². The van der Waals surface area contributed by atoms with E-state index < -0.39 is 0 Å². The molecule has 0 bridgehead atoms. The number of amides is 1. The van der Waals surface area contributed by atoms with Gasteiger partial charge in [-0.25, -0.2) is 0 Å². The first-order valence-corrected chi connectivity index (χ1v) is 6.98. The molecule has 2 rings (SSSR count). The monoisotopic (exact) mass is 277 g/mol. The summed E-state index contributed by atoms with van der Waals surface area (Å²) >= 11 is 5.17. The minimum atomic E-state index is 0.120. The number of carbonyl (C=O) groups is 1. The van der Waals surface area contributed by atoms with Crippen molar-refractivity contribution in [3.8, 4) is 0 Å². The summed E-state index contributed by atoms with van der Waals surface area (Å²) in [7, 11) is 0. The highest BCUT2D eigenvalue weighted by atomic mass is 32.1. The zero-order valence-electron chi connectivity index (χ0n) is 11.2. The van der Waals surface area contributed by atoms with Crippen molar-refractivity contribution in [2.24, 2.45) is 5.92 Å². The number of benzene rings is 1. The van der Waals surface area contributed by atoms with Crippen LogP contribution in [0.2, 0.25) is 0 Å². The third-order valence-electron chi connectivity index (χ3n) is 3.13. The quantitative estimate of drug-likeness (QED) is 0.741. The van der Waals surface area contributed by atoms with E-state index in [1.807, 2.05) is 32.0 Å². The molecule has 0 atom stereocenters. The fraction of sp³-hybridized carbons (Fsp3) is 0.429. The number of anilines is 2. The molecular formula is C14H19N3OS. The van der Waals surface area contributed by atoms with Gasteiger partial charge in [0.15, 0.2) is 5.11 Å². The van der Waals surface area contributed by atoms with E-state index in [2.05, 4.69) is 16.0 Å². The van der Waals surface area contributed by atoms with Gasteiger partial charge in [-0.3, -0.25) is 4.79 Å². The lowest BCUT2D eigenvalue weighted by Gasteiger charge is -2.15. The SMILES string of the molecule is CCNC(=S)Nc1cccc(NC(=O)C2CC2)c1C. The molecule has 1 fully saturated rings. The van der Waals surface area contributed by atoms with E-state index in [-0.39, 0.29) is 11.8 Å². The molecule has 0 heterocycles. The molecule has 19 heavy (non-hydrogen) atoms. The molecule has 4 nitrogen and oxygen atoms in total. The molecule has 1 aromatic rings. The van der Waals surface area contributed by atoms with Crippen molar-refractivity contribution in [1.82, 2.24) is 5.32 Å². The van der Waals surface area contributed by atoms with Gasteiger partial charge in [0.25, 0.3) is 0 Å². The number of carbonyl (C=O) groups excluding carboxylic acids is 1. The Morgan fingerprint density at radius 3 is 2.53 bits per heavy atom. The van der Waals surface area contributed by atoms with Crippen LogP contribution in [0.1, 0.15) is 25.3 Å². The van der Waals surface area contributed by atoms with Crippen molar-refractivity contribution in [3.05, 3.63) is 23.8 Å². The summed E-state index contributed by atoms with van der Waals surface area (Å²) in [5.41, 5.74) is 2.76. The van der Waals surface area contributed by atoms with Gasteiger partial charge in [-0.05, 0) is 56.6 Å². The Hall–Kier alpha value is -1.62. The Bertz CT molecular complexity index is 497. The predicted molar refractivity (Wildman–Crippen MR) is 82.4 cm³/mol. The van der Waals surface area contributed by atoms with Gasteiger partial charge in [0.2, 0.25) is 5.91 Å². The second-order valence-electron chi connectivity index (χ2n) is 4.73. The number of nitrogens with one attached hydrogen (secondary N) is 3. The summed E-state index contributed by atoms with van der Waals surface area (Å²) in [6, 6.07) is 5.77. The van der Waals surface area contributed by atoms with Gasteiger partial charge in [0, 0.05) is 23.8 Å².